The molecule has 0 amide bonds. The fourth-order valence-corrected chi connectivity index (χ4v) is 3.03. The number of hydrogen-bond donors (Lipinski definition) is 0. The zero-order valence-corrected chi connectivity index (χ0v) is 19.5. The van der Waals surface area contributed by atoms with Gasteiger partial charge in [-0.3, -0.25) is 0 Å². The second-order valence-corrected chi connectivity index (χ2v) is 8.53. The summed E-state index contributed by atoms with van der Waals surface area (Å²) in [5.41, 5.74) is 0.713. The Morgan fingerprint density at radius 2 is 1.37 bits per heavy atom. The Morgan fingerprint density at radius 1 is 0.900 bits per heavy atom. The number of aromatic nitrogens is 2. The minimum absolute atomic E-state index is 0.294. The second-order valence-electron chi connectivity index (χ2n) is 7.61. The van der Waals surface area contributed by atoms with Crippen LogP contribution < -0.4 is 14.9 Å². The number of alkyl halides is 2. The fourth-order valence-electron chi connectivity index (χ4n) is 2.65. The molecule has 0 bridgehead atoms. The molecule has 30 heavy (non-hydrogen) atoms. The summed E-state index contributed by atoms with van der Waals surface area (Å²) in [6, 6.07) is 3.32. The van der Waals surface area contributed by atoms with E-state index < -0.39 is 31.7 Å². The third-order valence-corrected chi connectivity index (χ3v) is 5.47. The largest absolute Gasteiger partial charge is 0.496 e. The first kappa shape index (κ1) is 24.5. The molecule has 0 spiro atoms. The molecule has 1 aliphatic heterocycles. The van der Waals surface area contributed by atoms with Crippen LogP contribution >= 0.6 is 15.9 Å². The van der Waals surface area contributed by atoms with E-state index >= 15 is 0 Å². The molecule has 1 saturated heterocycles. The number of pyridine rings is 2. The molecule has 10 heteroatoms. The first-order chi connectivity index (χ1) is 14.1. The average Bonchev–Trinajstić information content (AvgIpc) is 2.94. The summed E-state index contributed by atoms with van der Waals surface area (Å²) in [6.45, 7) is 6.69. The molecule has 0 atom stereocenters. The Morgan fingerprint density at radius 3 is 1.83 bits per heavy atom. The van der Waals surface area contributed by atoms with Gasteiger partial charge in [-0.2, -0.15) is 0 Å². The van der Waals surface area contributed by atoms with Gasteiger partial charge in [0.1, 0.15) is 13.3 Å². The molecule has 0 radical (unpaired) electrons. The quantitative estimate of drug-likeness (QED) is 0.591. The van der Waals surface area contributed by atoms with Crippen LogP contribution in [-0.2, 0) is 22.7 Å². The van der Waals surface area contributed by atoms with E-state index in [0.29, 0.717) is 28.3 Å². The molecule has 0 aliphatic carbocycles. The third-order valence-electron chi connectivity index (χ3n) is 5.04. The van der Waals surface area contributed by atoms with Crippen LogP contribution in [0.1, 0.15) is 38.8 Å². The van der Waals surface area contributed by atoms with Gasteiger partial charge in [0.25, 0.3) is 0 Å². The van der Waals surface area contributed by atoms with Crippen molar-refractivity contribution >= 4 is 28.5 Å². The average molecular weight is 487 g/mol. The summed E-state index contributed by atoms with van der Waals surface area (Å²) in [5.74, 6) is 0.637. The standard InChI is InChI=1S/C13H19BFNO3.C7H7BrFNO/c1-12(2)13(3,4)19-14(18-12)10-6-9(7-15)11(17-5)16-8-10;1-11-7-5(3-9)2-6(8)4-10-7/h6,8H,7H2,1-5H3;2,4H,3H2,1H3. The van der Waals surface area contributed by atoms with Gasteiger partial charge < -0.3 is 18.8 Å². The smallest absolute Gasteiger partial charge is 0.481 e. The number of ether oxygens (including phenoxy) is 2. The van der Waals surface area contributed by atoms with Gasteiger partial charge in [-0.25, -0.2) is 18.7 Å². The van der Waals surface area contributed by atoms with E-state index in [1.54, 1.807) is 24.5 Å². The topological polar surface area (TPSA) is 62.7 Å². The van der Waals surface area contributed by atoms with Crippen molar-refractivity contribution in [3.05, 3.63) is 40.1 Å². The maximum atomic E-state index is 12.9. The van der Waals surface area contributed by atoms with E-state index in [0.717, 1.165) is 4.47 Å². The minimum Gasteiger partial charge on any atom is -0.481 e. The molecule has 1 aliphatic rings. The van der Waals surface area contributed by atoms with Crippen LogP contribution in [0.5, 0.6) is 11.8 Å². The van der Waals surface area contributed by atoms with Crippen molar-refractivity contribution in [2.75, 3.05) is 14.2 Å². The zero-order chi connectivity index (χ0) is 22.5. The van der Waals surface area contributed by atoms with Gasteiger partial charge in [0.15, 0.2) is 0 Å². The van der Waals surface area contributed by atoms with Crippen LogP contribution in [0.25, 0.3) is 0 Å². The Hall–Kier alpha value is -1.78. The van der Waals surface area contributed by atoms with Gasteiger partial charge in [0, 0.05) is 33.5 Å². The van der Waals surface area contributed by atoms with E-state index in [-0.39, 0.29) is 0 Å². The molecule has 0 unspecified atom stereocenters. The van der Waals surface area contributed by atoms with Crippen molar-refractivity contribution in [3.8, 4) is 11.8 Å². The number of rotatable bonds is 5. The van der Waals surface area contributed by atoms with Crippen molar-refractivity contribution < 1.29 is 27.6 Å². The van der Waals surface area contributed by atoms with Crippen LogP contribution in [0.15, 0.2) is 29.0 Å². The molecule has 2 aromatic heterocycles. The highest BCUT2D eigenvalue weighted by Crippen LogP contribution is 2.36. The van der Waals surface area contributed by atoms with E-state index in [1.165, 1.54) is 14.2 Å². The van der Waals surface area contributed by atoms with Crippen molar-refractivity contribution in [3.63, 3.8) is 0 Å². The molecule has 2 aromatic rings. The molecule has 0 N–H and O–H groups in total. The summed E-state index contributed by atoms with van der Waals surface area (Å²) in [5, 5.41) is 0. The summed E-state index contributed by atoms with van der Waals surface area (Å²) >= 11 is 3.18. The zero-order valence-electron chi connectivity index (χ0n) is 18.0. The van der Waals surface area contributed by atoms with Crippen LogP contribution in [0, 0.1) is 0 Å². The lowest BCUT2D eigenvalue weighted by Crippen LogP contribution is -2.41. The normalized spacial score (nSPS) is 16.6. The first-order valence-corrected chi connectivity index (χ1v) is 10.1. The lowest BCUT2D eigenvalue weighted by atomic mass is 9.80. The maximum absolute atomic E-state index is 12.9. The van der Waals surface area contributed by atoms with Crippen LogP contribution in [0.3, 0.4) is 0 Å². The number of hydrogen-bond acceptors (Lipinski definition) is 6. The predicted octanol–water partition coefficient (Wildman–Crippen LogP) is 4.18. The number of nitrogens with zero attached hydrogens (tertiary/aromatic N) is 2. The van der Waals surface area contributed by atoms with Crippen LogP contribution in [0.2, 0.25) is 0 Å². The Bertz CT molecular complexity index is 855. The molecule has 6 nitrogen and oxygen atoms in total. The lowest BCUT2D eigenvalue weighted by Gasteiger charge is -2.32. The van der Waals surface area contributed by atoms with Crippen LogP contribution in [0.4, 0.5) is 8.78 Å². The maximum Gasteiger partial charge on any atom is 0.496 e. The number of halogens is 3. The Kier molecular flexibility index (Phi) is 8.18. The van der Waals surface area contributed by atoms with Gasteiger partial charge in [-0.15, -0.1) is 0 Å². The van der Waals surface area contributed by atoms with Crippen molar-refractivity contribution in [1.29, 1.82) is 0 Å². The number of methoxy groups -OCH3 is 2. The van der Waals surface area contributed by atoms with Crippen molar-refractivity contribution in [2.45, 2.75) is 52.2 Å². The fraction of sp³-hybridized carbons (Fsp3) is 0.500. The molecule has 1 fully saturated rings. The summed E-state index contributed by atoms with van der Waals surface area (Å²) in [7, 11) is 2.40. The second kappa shape index (κ2) is 10.0. The van der Waals surface area contributed by atoms with E-state index in [1.807, 2.05) is 27.7 Å². The molecular weight excluding hydrogens is 461 g/mol. The van der Waals surface area contributed by atoms with Crippen molar-refractivity contribution in [1.82, 2.24) is 9.97 Å². The first-order valence-electron chi connectivity index (χ1n) is 9.27. The molecule has 0 aromatic carbocycles. The van der Waals surface area contributed by atoms with Gasteiger partial charge in [0.05, 0.1) is 25.4 Å². The predicted molar refractivity (Wildman–Crippen MR) is 115 cm³/mol. The van der Waals surface area contributed by atoms with Gasteiger partial charge in [0.2, 0.25) is 11.8 Å². The van der Waals surface area contributed by atoms with Gasteiger partial charge in [-0.05, 0) is 55.8 Å². The SMILES string of the molecule is COc1ncc(B2OC(C)(C)C(C)(C)O2)cc1CF.COc1ncc(Br)cc1CF. The molecule has 164 valence electrons. The molecule has 3 heterocycles. The van der Waals surface area contributed by atoms with Gasteiger partial charge >= 0.3 is 7.12 Å². The highest BCUT2D eigenvalue weighted by molar-refractivity contribution is 9.10. The Labute approximate surface area is 184 Å². The molecule has 3 rings (SSSR count). The van der Waals surface area contributed by atoms with E-state index in [4.69, 9.17) is 18.8 Å². The summed E-state index contributed by atoms with van der Waals surface area (Å²) < 4.78 is 47.5. The molecule has 0 saturated carbocycles. The monoisotopic (exact) mass is 486 g/mol. The summed E-state index contributed by atoms with van der Waals surface area (Å²) in [4.78, 5) is 7.94. The Balaban J connectivity index is 0.000000248. The van der Waals surface area contributed by atoms with E-state index in [9.17, 15) is 8.78 Å². The van der Waals surface area contributed by atoms with Crippen molar-refractivity contribution in [2.24, 2.45) is 0 Å². The lowest BCUT2D eigenvalue weighted by molar-refractivity contribution is 0.00578. The van der Waals surface area contributed by atoms with Gasteiger partial charge in [-0.1, -0.05) is 0 Å². The third kappa shape index (κ3) is 5.47. The van der Waals surface area contributed by atoms with E-state index in [2.05, 4.69) is 25.9 Å². The minimum atomic E-state index is -0.635. The van der Waals surface area contributed by atoms with Crippen LogP contribution in [-0.4, -0.2) is 42.5 Å². The molecular formula is C20H26BBrF2N2O4. The summed E-state index contributed by atoms with van der Waals surface area (Å²) in [6.07, 6.45) is 3.16. The highest BCUT2D eigenvalue weighted by Gasteiger charge is 2.51. The highest BCUT2D eigenvalue weighted by atomic mass is 79.9.